The van der Waals surface area contributed by atoms with Crippen molar-refractivity contribution in [3.05, 3.63) is 17.5 Å². The van der Waals surface area contributed by atoms with Crippen molar-refractivity contribution in [1.82, 2.24) is 14.7 Å². The Morgan fingerprint density at radius 2 is 1.95 bits per heavy atom. The van der Waals surface area contributed by atoms with Gasteiger partial charge < -0.3 is 10.0 Å². The molecule has 1 N–H and O–H groups in total. The second-order valence-electron chi connectivity index (χ2n) is 7.31. The van der Waals surface area contributed by atoms with Crippen LogP contribution in [0, 0.1) is 0 Å². The Bertz CT molecular complexity index is 611. The minimum atomic E-state index is -0.927. The first-order chi connectivity index (χ1) is 10.3. The number of hydrogen-bond acceptors (Lipinski definition) is 3. The molecule has 0 radical (unpaired) electrons. The molecule has 2 aliphatic rings. The molecule has 1 aliphatic heterocycles. The van der Waals surface area contributed by atoms with E-state index in [1.54, 1.807) is 0 Å². The van der Waals surface area contributed by atoms with Crippen molar-refractivity contribution >= 4 is 11.9 Å². The van der Waals surface area contributed by atoms with Gasteiger partial charge in [0.15, 0.2) is 5.69 Å². The van der Waals surface area contributed by atoms with E-state index in [0.717, 1.165) is 25.0 Å². The van der Waals surface area contributed by atoms with E-state index in [2.05, 4.69) is 25.9 Å². The molecular formula is C16H23N3O3. The lowest BCUT2D eigenvalue weighted by atomic mass is 10.1. The molecule has 2 heterocycles. The summed E-state index contributed by atoms with van der Waals surface area (Å²) in [7, 11) is 0. The smallest absolute Gasteiger partial charge is 0.326 e. The largest absolute Gasteiger partial charge is 0.480 e. The highest BCUT2D eigenvalue weighted by Gasteiger charge is 2.37. The Labute approximate surface area is 130 Å². The maximum atomic E-state index is 12.7. The van der Waals surface area contributed by atoms with Crippen LogP contribution in [0.4, 0.5) is 0 Å². The third-order valence-corrected chi connectivity index (χ3v) is 4.39. The first kappa shape index (κ1) is 15.1. The highest BCUT2D eigenvalue weighted by Crippen LogP contribution is 2.42. The van der Waals surface area contributed by atoms with Crippen molar-refractivity contribution in [1.29, 1.82) is 0 Å². The highest BCUT2D eigenvalue weighted by atomic mass is 16.4. The molecule has 1 saturated heterocycles. The van der Waals surface area contributed by atoms with Crippen LogP contribution in [0.2, 0.25) is 0 Å². The Kier molecular flexibility index (Phi) is 3.50. The van der Waals surface area contributed by atoms with Crippen molar-refractivity contribution in [3.63, 3.8) is 0 Å². The van der Waals surface area contributed by atoms with Gasteiger partial charge in [-0.2, -0.15) is 5.10 Å². The van der Waals surface area contributed by atoms with E-state index in [9.17, 15) is 14.7 Å². The molecule has 120 valence electrons. The number of aliphatic carboxylic acids is 1. The van der Waals surface area contributed by atoms with Crippen molar-refractivity contribution in [2.75, 3.05) is 6.54 Å². The minimum Gasteiger partial charge on any atom is -0.480 e. The van der Waals surface area contributed by atoms with Crippen LogP contribution in [0.5, 0.6) is 0 Å². The Hall–Kier alpha value is -1.85. The average Bonchev–Trinajstić information content (AvgIpc) is 3.00. The zero-order valence-corrected chi connectivity index (χ0v) is 13.4. The molecule has 0 aromatic carbocycles. The molecule has 0 spiro atoms. The Morgan fingerprint density at radius 3 is 2.50 bits per heavy atom. The summed E-state index contributed by atoms with van der Waals surface area (Å²) in [6, 6.07) is 1.15. The van der Waals surface area contributed by atoms with E-state index in [4.69, 9.17) is 0 Å². The van der Waals surface area contributed by atoms with Gasteiger partial charge in [0, 0.05) is 18.2 Å². The lowest BCUT2D eigenvalue weighted by Gasteiger charge is -2.23. The van der Waals surface area contributed by atoms with Crippen molar-refractivity contribution in [2.24, 2.45) is 0 Å². The van der Waals surface area contributed by atoms with Gasteiger partial charge in [-0.05, 0) is 52.5 Å². The summed E-state index contributed by atoms with van der Waals surface area (Å²) in [5.74, 6) is -0.694. The summed E-state index contributed by atoms with van der Waals surface area (Å²) in [5, 5.41) is 13.8. The molecule has 1 aliphatic carbocycles. The monoisotopic (exact) mass is 305 g/mol. The van der Waals surface area contributed by atoms with Gasteiger partial charge >= 0.3 is 5.97 Å². The number of aromatic nitrogens is 2. The summed E-state index contributed by atoms with van der Waals surface area (Å²) in [5.41, 5.74) is 1.29. The summed E-state index contributed by atoms with van der Waals surface area (Å²) >= 11 is 0. The first-order valence-corrected chi connectivity index (χ1v) is 7.93. The molecule has 0 unspecified atom stereocenters. The second-order valence-corrected chi connectivity index (χ2v) is 7.31. The van der Waals surface area contributed by atoms with Crippen LogP contribution in [0.25, 0.3) is 0 Å². The summed E-state index contributed by atoms with van der Waals surface area (Å²) in [4.78, 5) is 25.4. The predicted octanol–water partition coefficient (Wildman–Crippen LogP) is 2.20. The molecule has 22 heavy (non-hydrogen) atoms. The number of carboxylic acid groups (broad SMARTS) is 1. The minimum absolute atomic E-state index is 0.187. The van der Waals surface area contributed by atoms with Crippen molar-refractivity contribution in [2.45, 2.75) is 64.0 Å². The number of nitrogens with zero attached hydrogens (tertiary/aromatic N) is 3. The Balaban J connectivity index is 1.91. The molecule has 1 aromatic rings. The lowest BCUT2D eigenvalue weighted by Crippen LogP contribution is -2.40. The SMILES string of the molecule is CC(C)(C)n1nc(C(=O)N2CCC[C@@H]2C(=O)O)cc1C1CC1. The van der Waals surface area contributed by atoms with E-state index >= 15 is 0 Å². The molecule has 1 atom stereocenters. The number of carbonyl (C=O) groups excluding carboxylic acids is 1. The van der Waals surface area contributed by atoms with Crippen LogP contribution in [0.15, 0.2) is 6.07 Å². The molecule has 2 fully saturated rings. The van der Waals surface area contributed by atoms with E-state index in [0.29, 0.717) is 24.6 Å². The molecule has 0 bridgehead atoms. The summed E-state index contributed by atoms with van der Waals surface area (Å²) in [6.07, 6.45) is 3.53. The van der Waals surface area contributed by atoms with Gasteiger partial charge in [-0.15, -0.1) is 0 Å². The average molecular weight is 305 g/mol. The number of rotatable bonds is 3. The van der Waals surface area contributed by atoms with Crippen molar-refractivity contribution < 1.29 is 14.7 Å². The first-order valence-electron chi connectivity index (χ1n) is 7.93. The summed E-state index contributed by atoms with van der Waals surface area (Å²) in [6.45, 7) is 6.69. The number of likely N-dealkylation sites (tertiary alicyclic amines) is 1. The topological polar surface area (TPSA) is 75.4 Å². The third kappa shape index (κ3) is 2.62. The van der Waals surface area contributed by atoms with E-state index in [1.807, 2.05) is 10.7 Å². The highest BCUT2D eigenvalue weighted by molar-refractivity contribution is 5.95. The van der Waals surface area contributed by atoms with E-state index < -0.39 is 12.0 Å². The van der Waals surface area contributed by atoms with Crippen LogP contribution >= 0.6 is 0 Å². The maximum Gasteiger partial charge on any atom is 0.326 e. The fraction of sp³-hybridized carbons (Fsp3) is 0.688. The van der Waals surface area contributed by atoms with E-state index in [1.165, 1.54) is 4.90 Å². The number of carboxylic acids is 1. The fourth-order valence-electron chi connectivity index (χ4n) is 3.12. The number of carbonyl (C=O) groups is 2. The van der Waals surface area contributed by atoms with Gasteiger partial charge in [-0.3, -0.25) is 9.48 Å². The molecule has 1 amide bonds. The number of hydrogen-bond donors (Lipinski definition) is 1. The van der Waals surface area contributed by atoms with Crippen LogP contribution < -0.4 is 0 Å². The summed E-state index contributed by atoms with van der Waals surface area (Å²) < 4.78 is 1.93. The molecule has 1 saturated carbocycles. The fourth-order valence-corrected chi connectivity index (χ4v) is 3.12. The van der Waals surface area contributed by atoms with Crippen LogP contribution in [-0.4, -0.2) is 44.3 Å². The van der Waals surface area contributed by atoms with Gasteiger partial charge in [0.2, 0.25) is 0 Å². The third-order valence-electron chi connectivity index (χ3n) is 4.39. The van der Waals surface area contributed by atoms with Crippen LogP contribution in [0.1, 0.15) is 68.6 Å². The lowest BCUT2D eigenvalue weighted by molar-refractivity contribution is -0.141. The number of amides is 1. The van der Waals surface area contributed by atoms with Crippen LogP contribution in [0.3, 0.4) is 0 Å². The molecule has 1 aromatic heterocycles. The molecule has 6 heteroatoms. The van der Waals surface area contributed by atoms with Crippen LogP contribution in [-0.2, 0) is 10.3 Å². The van der Waals surface area contributed by atoms with E-state index in [-0.39, 0.29) is 11.4 Å². The Morgan fingerprint density at radius 1 is 1.27 bits per heavy atom. The van der Waals surface area contributed by atoms with Gasteiger partial charge in [-0.25, -0.2) is 4.79 Å². The normalized spacial score (nSPS) is 22.1. The quantitative estimate of drug-likeness (QED) is 0.929. The van der Waals surface area contributed by atoms with Gasteiger partial charge in [0.25, 0.3) is 5.91 Å². The zero-order chi connectivity index (χ0) is 16.1. The second kappa shape index (κ2) is 5.11. The van der Waals surface area contributed by atoms with Gasteiger partial charge in [-0.1, -0.05) is 0 Å². The predicted molar refractivity (Wildman–Crippen MR) is 80.9 cm³/mol. The maximum absolute atomic E-state index is 12.7. The molecular weight excluding hydrogens is 282 g/mol. The molecule has 6 nitrogen and oxygen atoms in total. The van der Waals surface area contributed by atoms with Gasteiger partial charge in [0.1, 0.15) is 6.04 Å². The van der Waals surface area contributed by atoms with Crippen molar-refractivity contribution in [3.8, 4) is 0 Å². The zero-order valence-electron chi connectivity index (χ0n) is 13.4. The molecule has 3 rings (SSSR count). The van der Waals surface area contributed by atoms with Gasteiger partial charge in [0.05, 0.1) is 5.54 Å². The standard InChI is InChI=1S/C16H23N3O3/c1-16(2,3)19-13(10-6-7-10)9-11(17-19)14(20)18-8-4-5-12(18)15(21)22/h9-10,12H,4-8H2,1-3H3,(H,21,22)/t12-/m1/s1.